The van der Waals surface area contributed by atoms with Crippen LogP contribution in [0.1, 0.15) is 11.1 Å². The van der Waals surface area contributed by atoms with E-state index in [1.165, 1.54) is 17.3 Å². The third-order valence-corrected chi connectivity index (χ3v) is 3.40. The van der Waals surface area contributed by atoms with E-state index in [2.05, 4.69) is 23.5 Å². The number of anilines is 1. The zero-order valence-corrected chi connectivity index (χ0v) is 9.76. The van der Waals surface area contributed by atoms with Crippen LogP contribution in [0.2, 0.25) is 0 Å². The fourth-order valence-corrected chi connectivity index (χ4v) is 2.38. The standard InChI is InChI=1S/C15H14FN/c1-10-13(3-2-4-14(10)16)12-6-5-11-7-8-17-15(11)9-12/h2-6,9,17H,7-8H2,1H3. The summed E-state index contributed by atoms with van der Waals surface area (Å²) in [5.74, 6) is -0.143. The molecule has 0 aromatic heterocycles. The Morgan fingerprint density at radius 1 is 1.18 bits per heavy atom. The molecule has 1 N–H and O–H groups in total. The summed E-state index contributed by atoms with van der Waals surface area (Å²) in [6, 6.07) is 11.6. The highest BCUT2D eigenvalue weighted by Gasteiger charge is 2.12. The Bertz CT molecular complexity index is 575. The molecule has 2 heteroatoms. The molecule has 1 aliphatic rings. The van der Waals surface area contributed by atoms with Crippen molar-refractivity contribution in [1.82, 2.24) is 0 Å². The quantitative estimate of drug-likeness (QED) is 0.782. The van der Waals surface area contributed by atoms with E-state index in [1.807, 2.05) is 13.0 Å². The van der Waals surface area contributed by atoms with Crippen LogP contribution in [0.3, 0.4) is 0 Å². The number of hydrogen-bond donors (Lipinski definition) is 1. The Hall–Kier alpha value is -1.83. The fraction of sp³-hybridized carbons (Fsp3) is 0.200. The number of halogens is 1. The van der Waals surface area contributed by atoms with Crippen molar-refractivity contribution in [3.8, 4) is 11.1 Å². The van der Waals surface area contributed by atoms with Gasteiger partial charge in [-0.05, 0) is 47.7 Å². The molecule has 0 atom stereocenters. The molecule has 1 nitrogen and oxygen atoms in total. The van der Waals surface area contributed by atoms with Crippen LogP contribution in [0.5, 0.6) is 0 Å². The van der Waals surface area contributed by atoms with E-state index in [4.69, 9.17) is 0 Å². The predicted octanol–water partition coefficient (Wildman–Crippen LogP) is 3.77. The molecule has 1 heterocycles. The number of hydrogen-bond acceptors (Lipinski definition) is 1. The molecule has 86 valence electrons. The summed E-state index contributed by atoms with van der Waals surface area (Å²) >= 11 is 0. The third-order valence-electron chi connectivity index (χ3n) is 3.40. The monoisotopic (exact) mass is 227 g/mol. The van der Waals surface area contributed by atoms with Crippen LogP contribution >= 0.6 is 0 Å². The SMILES string of the molecule is Cc1c(F)cccc1-c1ccc2c(c1)NCC2. The first kappa shape index (κ1) is 10.3. The minimum atomic E-state index is -0.143. The van der Waals surface area contributed by atoms with E-state index in [1.54, 1.807) is 6.07 Å². The molecular weight excluding hydrogens is 213 g/mol. The summed E-state index contributed by atoms with van der Waals surface area (Å²) < 4.78 is 13.5. The van der Waals surface area contributed by atoms with Gasteiger partial charge in [-0.3, -0.25) is 0 Å². The first-order chi connectivity index (χ1) is 8.25. The van der Waals surface area contributed by atoms with E-state index >= 15 is 0 Å². The second kappa shape index (κ2) is 3.88. The van der Waals surface area contributed by atoms with E-state index < -0.39 is 0 Å². The van der Waals surface area contributed by atoms with Crippen molar-refractivity contribution in [2.24, 2.45) is 0 Å². The molecule has 0 spiro atoms. The number of fused-ring (bicyclic) bond motifs is 1. The van der Waals surface area contributed by atoms with E-state index in [0.29, 0.717) is 5.56 Å². The Kier molecular flexibility index (Phi) is 2.36. The molecule has 17 heavy (non-hydrogen) atoms. The minimum absolute atomic E-state index is 0.143. The van der Waals surface area contributed by atoms with Crippen molar-refractivity contribution >= 4 is 5.69 Å². The van der Waals surface area contributed by atoms with Crippen LogP contribution in [0, 0.1) is 12.7 Å². The first-order valence-electron chi connectivity index (χ1n) is 5.88. The molecule has 0 radical (unpaired) electrons. The largest absolute Gasteiger partial charge is 0.384 e. The van der Waals surface area contributed by atoms with Gasteiger partial charge in [0.25, 0.3) is 0 Å². The van der Waals surface area contributed by atoms with Crippen LogP contribution in [-0.2, 0) is 6.42 Å². The molecule has 2 aromatic rings. The average molecular weight is 227 g/mol. The van der Waals surface area contributed by atoms with Gasteiger partial charge in [-0.2, -0.15) is 0 Å². The van der Waals surface area contributed by atoms with Gasteiger partial charge in [0.05, 0.1) is 0 Å². The maximum atomic E-state index is 13.5. The summed E-state index contributed by atoms with van der Waals surface area (Å²) in [6.07, 6.45) is 1.08. The van der Waals surface area contributed by atoms with Gasteiger partial charge in [-0.15, -0.1) is 0 Å². The predicted molar refractivity (Wildman–Crippen MR) is 68.8 cm³/mol. The van der Waals surface area contributed by atoms with Gasteiger partial charge in [0, 0.05) is 12.2 Å². The van der Waals surface area contributed by atoms with Crippen molar-refractivity contribution in [3.05, 3.63) is 53.3 Å². The number of rotatable bonds is 1. The molecule has 0 saturated carbocycles. The van der Waals surface area contributed by atoms with Crippen LogP contribution < -0.4 is 5.32 Å². The zero-order chi connectivity index (χ0) is 11.8. The molecule has 2 aromatic carbocycles. The molecule has 0 saturated heterocycles. The van der Waals surface area contributed by atoms with Crippen LogP contribution in [0.15, 0.2) is 36.4 Å². The number of nitrogens with one attached hydrogen (secondary N) is 1. The van der Waals surface area contributed by atoms with E-state index in [0.717, 1.165) is 24.1 Å². The van der Waals surface area contributed by atoms with Crippen molar-refractivity contribution in [2.45, 2.75) is 13.3 Å². The highest BCUT2D eigenvalue weighted by molar-refractivity contribution is 5.73. The molecule has 0 bridgehead atoms. The molecule has 0 fully saturated rings. The van der Waals surface area contributed by atoms with Crippen molar-refractivity contribution in [3.63, 3.8) is 0 Å². The van der Waals surface area contributed by atoms with Crippen molar-refractivity contribution in [2.75, 3.05) is 11.9 Å². The lowest BCUT2D eigenvalue weighted by Gasteiger charge is -2.09. The zero-order valence-electron chi connectivity index (χ0n) is 9.76. The van der Waals surface area contributed by atoms with Gasteiger partial charge in [-0.1, -0.05) is 24.3 Å². The van der Waals surface area contributed by atoms with Gasteiger partial charge in [-0.25, -0.2) is 4.39 Å². The number of benzene rings is 2. The maximum Gasteiger partial charge on any atom is 0.126 e. The van der Waals surface area contributed by atoms with Gasteiger partial charge >= 0.3 is 0 Å². The third kappa shape index (κ3) is 1.70. The van der Waals surface area contributed by atoms with E-state index in [-0.39, 0.29) is 5.82 Å². The highest BCUT2D eigenvalue weighted by Crippen LogP contribution is 2.31. The summed E-state index contributed by atoms with van der Waals surface area (Å²) in [5, 5.41) is 3.35. The normalized spacial score (nSPS) is 13.3. The Balaban J connectivity index is 2.13. The topological polar surface area (TPSA) is 12.0 Å². The average Bonchev–Trinajstić information content (AvgIpc) is 2.79. The Morgan fingerprint density at radius 3 is 2.94 bits per heavy atom. The molecular formula is C15H14FN. The lowest BCUT2D eigenvalue weighted by atomic mass is 9.98. The minimum Gasteiger partial charge on any atom is -0.384 e. The second-order valence-corrected chi connectivity index (χ2v) is 4.46. The summed E-state index contributed by atoms with van der Waals surface area (Å²) in [5.41, 5.74) is 5.30. The Morgan fingerprint density at radius 2 is 2.06 bits per heavy atom. The lowest BCUT2D eigenvalue weighted by Crippen LogP contribution is -1.92. The molecule has 0 amide bonds. The van der Waals surface area contributed by atoms with Gasteiger partial charge < -0.3 is 5.32 Å². The van der Waals surface area contributed by atoms with Gasteiger partial charge in [0.2, 0.25) is 0 Å². The molecule has 1 aliphatic heterocycles. The van der Waals surface area contributed by atoms with Crippen LogP contribution in [0.25, 0.3) is 11.1 Å². The van der Waals surface area contributed by atoms with Crippen LogP contribution in [0.4, 0.5) is 10.1 Å². The molecule has 3 rings (SSSR count). The van der Waals surface area contributed by atoms with Gasteiger partial charge in [0.1, 0.15) is 5.82 Å². The molecule has 0 unspecified atom stereocenters. The highest BCUT2D eigenvalue weighted by atomic mass is 19.1. The Labute approximate surface area is 100 Å². The molecule has 0 aliphatic carbocycles. The van der Waals surface area contributed by atoms with E-state index in [9.17, 15) is 4.39 Å². The summed E-state index contributed by atoms with van der Waals surface area (Å²) in [4.78, 5) is 0. The van der Waals surface area contributed by atoms with Crippen molar-refractivity contribution in [1.29, 1.82) is 0 Å². The smallest absolute Gasteiger partial charge is 0.126 e. The van der Waals surface area contributed by atoms with Crippen LogP contribution in [-0.4, -0.2) is 6.54 Å². The lowest BCUT2D eigenvalue weighted by molar-refractivity contribution is 0.619. The maximum absolute atomic E-state index is 13.5. The fourth-order valence-electron chi connectivity index (χ4n) is 2.38. The summed E-state index contributed by atoms with van der Waals surface area (Å²) in [6.45, 7) is 2.83. The van der Waals surface area contributed by atoms with Gasteiger partial charge in [0.15, 0.2) is 0 Å². The first-order valence-corrected chi connectivity index (χ1v) is 5.88. The van der Waals surface area contributed by atoms with Crippen molar-refractivity contribution < 1.29 is 4.39 Å². The summed E-state index contributed by atoms with van der Waals surface area (Å²) in [7, 11) is 0. The second-order valence-electron chi connectivity index (χ2n) is 4.46.